The van der Waals surface area contributed by atoms with Crippen LogP contribution in [-0.2, 0) is 10.1 Å². The molecule has 22 heavy (non-hydrogen) atoms. The predicted octanol–water partition coefficient (Wildman–Crippen LogP) is 4.50. The number of hydrogen-bond acceptors (Lipinski definition) is 4. The van der Waals surface area contributed by atoms with Gasteiger partial charge >= 0.3 is 0 Å². The van der Waals surface area contributed by atoms with Gasteiger partial charge in [0.15, 0.2) is 0 Å². The van der Waals surface area contributed by atoms with E-state index in [-0.39, 0.29) is 10.6 Å². The zero-order valence-corrected chi connectivity index (χ0v) is 12.2. The minimum atomic E-state index is -4.38. The lowest BCUT2D eigenvalue weighted by Crippen LogP contribution is -1.98. The van der Waals surface area contributed by atoms with Crippen molar-refractivity contribution in [1.29, 1.82) is 0 Å². The molecule has 0 radical (unpaired) electrons. The first kappa shape index (κ1) is 14.4. The number of benzene rings is 3. The fraction of sp³-hybridized carbons (Fsp3) is 0. The highest BCUT2D eigenvalue weighted by Gasteiger charge is 2.17. The molecule has 0 spiro atoms. The number of azo groups is 1. The van der Waals surface area contributed by atoms with Crippen LogP contribution in [0.15, 0.2) is 81.9 Å². The number of hydrogen-bond donors (Lipinski definition) is 1. The van der Waals surface area contributed by atoms with E-state index in [1.54, 1.807) is 42.5 Å². The van der Waals surface area contributed by atoms with E-state index in [9.17, 15) is 13.0 Å². The molecule has 3 aromatic carbocycles. The average molecular weight is 312 g/mol. The molecule has 0 amide bonds. The summed E-state index contributed by atoms with van der Waals surface area (Å²) in [4.78, 5) is -0.258. The van der Waals surface area contributed by atoms with Crippen LogP contribution in [0.2, 0.25) is 0 Å². The molecule has 0 saturated carbocycles. The smallest absolute Gasteiger partial charge is 0.282 e. The predicted molar refractivity (Wildman–Crippen MR) is 84.4 cm³/mol. The van der Waals surface area contributed by atoms with E-state index < -0.39 is 10.1 Å². The summed E-state index contributed by atoms with van der Waals surface area (Å²) in [7, 11) is -4.38. The molecule has 6 heteroatoms. The Morgan fingerprint density at radius 2 is 1.45 bits per heavy atom. The van der Waals surface area contributed by atoms with Crippen molar-refractivity contribution >= 4 is 32.3 Å². The van der Waals surface area contributed by atoms with Gasteiger partial charge in [-0.2, -0.15) is 13.5 Å². The Bertz CT molecular complexity index is 952. The Hall–Kier alpha value is -2.57. The monoisotopic (exact) mass is 312 g/mol. The van der Waals surface area contributed by atoms with Crippen LogP contribution in [0.4, 0.5) is 11.4 Å². The summed E-state index contributed by atoms with van der Waals surface area (Å²) in [6.07, 6.45) is 0. The van der Waals surface area contributed by atoms with E-state index in [2.05, 4.69) is 10.2 Å². The molecular formula is C16H12N2O3S. The third-order valence-corrected chi connectivity index (χ3v) is 4.05. The van der Waals surface area contributed by atoms with E-state index in [1.807, 2.05) is 18.2 Å². The van der Waals surface area contributed by atoms with Crippen LogP contribution in [-0.4, -0.2) is 13.0 Å². The van der Waals surface area contributed by atoms with E-state index in [1.165, 1.54) is 6.07 Å². The van der Waals surface area contributed by atoms with Crippen molar-refractivity contribution in [2.45, 2.75) is 4.90 Å². The molecule has 3 rings (SSSR count). The van der Waals surface area contributed by atoms with Crippen LogP contribution < -0.4 is 0 Å². The Kier molecular flexibility index (Phi) is 3.70. The van der Waals surface area contributed by atoms with Crippen molar-refractivity contribution in [3.05, 3.63) is 66.7 Å². The summed E-state index contributed by atoms with van der Waals surface area (Å²) in [5, 5.41) is 9.53. The van der Waals surface area contributed by atoms with E-state index in [0.29, 0.717) is 11.1 Å². The van der Waals surface area contributed by atoms with Crippen LogP contribution in [0.25, 0.3) is 10.8 Å². The topological polar surface area (TPSA) is 79.1 Å². The molecule has 0 aliphatic heterocycles. The molecule has 0 unspecified atom stereocenters. The van der Waals surface area contributed by atoms with Gasteiger partial charge in [0.1, 0.15) is 10.6 Å². The van der Waals surface area contributed by atoms with Gasteiger partial charge in [-0.05, 0) is 23.6 Å². The standard InChI is InChI=1S/C16H12N2O3S/c19-22(20,21)15-11-10-12-6-4-5-9-14(12)16(15)18-17-13-7-2-1-3-8-13/h1-11H,(H,19,20,21). The second-order valence-corrected chi connectivity index (χ2v) is 6.03. The van der Waals surface area contributed by atoms with E-state index in [0.717, 1.165) is 5.39 Å². The molecule has 0 fully saturated rings. The molecule has 0 bridgehead atoms. The molecule has 0 heterocycles. The lowest BCUT2D eigenvalue weighted by atomic mass is 10.1. The van der Waals surface area contributed by atoms with Gasteiger partial charge in [0.25, 0.3) is 10.1 Å². The Balaban J connectivity index is 2.23. The van der Waals surface area contributed by atoms with Crippen molar-refractivity contribution in [2.75, 3.05) is 0 Å². The van der Waals surface area contributed by atoms with Crippen LogP contribution in [0, 0.1) is 0 Å². The van der Waals surface area contributed by atoms with Gasteiger partial charge in [0, 0.05) is 5.39 Å². The number of nitrogens with zero attached hydrogens (tertiary/aromatic N) is 2. The van der Waals surface area contributed by atoms with Crippen molar-refractivity contribution in [3.63, 3.8) is 0 Å². The van der Waals surface area contributed by atoms with Gasteiger partial charge in [-0.3, -0.25) is 4.55 Å². The summed E-state index contributed by atoms with van der Waals surface area (Å²) < 4.78 is 32.5. The number of rotatable bonds is 3. The molecule has 1 N–H and O–H groups in total. The summed E-state index contributed by atoms with van der Waals surface area (Å²) in [6.45, 7) is 0. The number of fused-ring (bicyclic) bond motifs is 1. The summed E-state index contributed by atoms with van der Waals surface area (Å²) >= 11 is 0. The van der Waals surface area contributed by atoms with Crippen LogP contribution in [0.3, 0.4) is 0 Å². The van der Waals surface area contributed by atoms with Crippen molar-refractivity contribution in [3.8, 4) is 0 Å². The quantitative estimate of drug-likeness (QED) is 0.571. The summed E-state index contributed by atoms with van der Waals surface area (Å²) in [6, 6.07) is 19.1. The molecule has 0 atom stereocenters. The van der Waals surface area contributed by atoms with Crippen LogP contribution in [0.1, 0.15) is 0 Å². The van der Waals surface area contributed by atoms with Gasteiger partial charge in [-0.25, -0.2) is 0 Å². The first-order valence-corrected chi connectivity index (χ1v) is 7.96. The summed E-state index contributed by atoms with van der Waals surface area (Å²) in [5.41, 5.74) is 0.723. The van der Waals surface area contributed by atoms with Gasteiger partial charge in [0.05, 0.1) is 5.69 Å². The lowest BCUT2D eigenvalue weighted by Gasteiger charge is -2.06. The fourth-order valence-electron chi connectivity index (χ4n) is 2.15. The average Bonchev–Trinajstić information content (AvgIpc) is 2.52. The van der Waals surface area contributed by atoms with Crippen LogP contribution in [0.5, 0.6) is 0 Å². The van der Waals surface area contributed by atoms with Crippen molar-refractivity contribution < 1.29 is 13.0 Å². The maximum atomic E-state index is 11.6. The normalized spacial score (nSPS) is 12.0. The first-order valence-electron chi connectivity index (χ1n) is 6.52. The highest BCUT2D eigenvalue weighted by molar-refractivity contribution is 7.86. The van der Waals surface area contributed by atoms with Gasteiger partial charge < -0.3 is 0 Å². The SMILES string of the molecule is O=S(=O)(O)c1ccc2ccccc2c1N=Nc1ccccc1. The molecule has 0 aromatic heterocycles. The molecule has 0 aliphatic rings. The minimum Gasteiger partial charge on any atom is -0.282 e. The highest BCUT2D eigenvalue weighted by Crippen LogP contribution is 2.34. The molecule has 0 saturated heterocycles. The Morgan fingerprint density at radius 1 is 0.773 bits per heavy atom. The Morgan fingerprint density at radius 3 is 2.18 bits per heavy atom. The lowest BCUT2D eigenvalue weighted by molar-refractivity contribution is 0.483. The van der Waals surface area contributed by atoms with E-state index in [4.69, 9.17) is 0 Å². The molecule has 5 nitrogen and oxygen atoms in total. The van der Waals surface area contributed by atoms with Crippen molar-refractivity contribution in [1.82, 2.24) is 0 Å². The molecule has 0 aliphatic carbocycles. The second-order valence-electron chi connectivity index (χ2n) is 4.64. The molecular weight excluding hydrogens is 300 g/mol. The third kappa shape index (κ3) is 2.88. The minimum absolute atomic E-state index is 0.129. The highest BCUT2D eigenvalue weighted by atomic mass is 32.2. The Labute approximate surface area is 127 Å². The maximum absolute atomic E-state index is 11.6. The third-order valence-electron chi connectivity index (χ3n) is 3.16. The maximum Gasteiger partial charge on any atom is 0.296 e. The fourth-order valence-corrected chi connectivity index (χ4v) is 2.78. The largest absolute Gasteiger partial charge is 0.296 e. The van der Waals surface area contributed by atoms with Gasteiger partial charge in [-0.15, -0.1) is 5.11 Å². The zero-order chi connectivity index (χ0) is 15.6. The second kappa shape index (κ2) is 5.67. The zero-order valence-electron chi connectivity index (χ0n) is 11.4. The molecule has 110 valence electrons. The molecule has 3 aromatic rings. The summed E-state index contributed by atoms with van der Waals surface area (Å²) in [5.74, 6) is 0. The first-order chi connectivity index (χ1) is 10.6. The van der Waals surface area contributed by atoms with Crippen LogP contribution >= 0.6 is 0 Å². The van der Waals surface area contributed by atoms with Gasteiger partial charge in [0.2, 0.25) is 0 Å². The van der Waals surface area contributed by atoms with Crippen molar-refractivity contribution in [2.24, 2.45) is 10.2 Å². The van der Waals surface area contributed by atoms with E-state index >= 15 is 0 Å². The van der Waals surface area contributed by atoms with Gasteiger partial charge in [-0.1, -0.05) is 48.5 Å².